The second kappa shape index (κ2) is 4.55. The molecule has 3 rings (SSSR count). The molecule has 0 bridgehead atoms. The van der Waals surface area contributed by atoms with Crippen LogP contribution in [0.4, 0.5) is 0 Å². The van der Waals surface area contributed by atoms with Crippen molar-refractivity contribution >= 4 is 22.6 Å². The lowest BCUT2D eigenvalue weighted by Crippen LogP contribution is -2.34. The maximum absolute atomic E-state index is 5.96. The van der Waals surface area contributed by atoms with Crippen molar-refractivity contribution in [1.29, 1.82) is 0 Å². The number of halogens is 1. The van der Waals surface area contributed by atoms with E-state index in [0.29, 0.717) is 16.5 Å². The minimum atomic E-state index is 0.212. The Kier molecular flexibility index (Phi) is 2.91. The van der Waals surface area contributed by atoms with Crippen LogP contribution in [0, 0.1) is 0 Å². The highest BCUT2D eigenvalue weighted by Crippen LogP contribution is 2.29. The molecule has 0 unspecified atom stereocenters. The van der Waals surface area contributed by atoms with Crippen molar-refractivity contribution in [1.82, 2.24) is 10.5 Å². The Morgan fingerprint density at radius 1 is 1.35 bits per heavy atom. The van der Waals surface area contributed by atoms with E-state index in [4.69, 9.17) is 20.9 Å². The van der Waals surface area contributed by atoms with Crippen molar-refractivity contribution in [2.45, 2.75) is 18.9 Å². The molecule has 17 heavy (non-hydrogen) atoms. The minimum Gasteiger partial charge on any atom is -0.472 e. The number of ether oxygens (including phenoxy) is 1. The summed E-state index contributed by atoms with van der Waals surface area (Å²) in [6, 6.07) is 5.41. The number of hydrogen-bond donors (Lipinski definition) is 1. The van der Waals surface area contributed by atoms with Crippen molar-refractivity contribution in [2.24, 2.45) is 0 Å². The molecule has 0 saturated carbocycles. The Morgan fingerprint density at radius 3 is 3.00 bits per heavy atom. The third-order valence-corrected chi connectivity index (χ3v) is 3.20. The van der Waals surface area contributed by atoms with Gasteiger partial charge in [0, 0.05) is 5.02 Å². The summed E-state index contributed by atoms with van der Waals surface area (Å²) in [5.74, 6) is 0.550. The Hall–Kier alpha value is -1.26. The van der Waals surface area contributed by atoms with Crippen molar-refractivity contribution < 1.29 is 9.26 Å². The van der Waals surface area contributed by atoms with E-state index in [-0.39, 0.29) is 6.10 Å². The molecule has 0 amide bonds. The molecule has 5 heteroatoms. The molecule has 1 aromatic heterocycles. The summed E-state index contributed by atoms with van der Waals surface area (Å²) in [5, 5.41) is 8.76. The molecule has 0 radical (unpaired) electrons. The monoisotopic (exact) mass is 252 g/mol. The highest BCUT2D eigenvalue weighted by Gasteiger charge is 2.18. The SMILES string of the molecule is Clc1ccc2onc(OC3CCNCC3)c2c1. The van der Waals surface area contributed by atoms with Crippen LogP contribution in [0.3, 0.4) is 0 Å². The van der Waals surface area contributed by atoms with E-state index in [9.17, 15) is 0 Å². The molecule has 4 nitrogen and oxygen atoms in total. The molecule has 1 aliphatic heterocycles. The molecule has 0 aliphatic carbocycles. The molecule has 1 N–H and O–H groups in total. The molecular weight excluding hydrogens is 240 g/mol. The first-order valence-corrected chi connectivity index (χ1v) is 6.13. The fourth-order valence-corrected chi connectivity index (χ4v) is 2.22. The normalized spacial score (nSPS) is 17.5. The maximum atomic E-state index is 5.96. The quantitative estimate of drug-likeness (QED) is 0.893. The number of nitrogens with zero attached hydrogens (tertiary/aromatic N) is 1. The van der Waals surface area contributed by atoms with Gasteiger partial charge in [0.05, 0.1) is 5.39 Å². The van der Waals surface area contributed by atoms with Gasteiger partial charge in [0.25, 0.3) is 5.88 Å². The highest BCUT2D eigenvalue weighted by molar-refractivity contribution is 6.31. The summed E-state index contributed by atoms with van der Waals surface area (Å²) in [6.45, 7) is 1.97. The zero-order valence-corrected chi connectivity index (χ0v) is 10.0. The summed E-state index contributed by atoms with van der Waals surface area (Å²) in [5.41, 5.74) is 0.707. The summed E-state index contributed by atoms with van der Waals surface area (Å²) in [6.07, 6.45) is 2.20. The topological polar surface area (TPSA) is 47.3 Å². The predicted octanol–water partition coefficient (Wildman–Crippen LogP) is 2.61. The zero-order valence-electron chi connectivity index (χ0n) is 9.28. The third kappa shape index (κ3) is 2.23. The van der Waals surface area contributed by atoms with E-state index < -0.39 is 0 Å². The van der Waals surface area contributed by atoms with Crippen LogP contribution in [-0.2, 0) is 0 Å². The van der Waals surface area contributed by atoms with Gasteiger partial charge in [-0.3, -0.25) is 0 Å². The second-order valence-electron chi connectivity index (χ2n) is 4.20. The van der Waals surface area contributed by atoms with E-state index >= 15 is 0 Å². The standard InChI is InChI=1S/C12H13ClN2O2/c13-8-1-2-11-10(7-8)12(15-17-11)16-9-3-5-14-6-4-9/h1-2,7,9,14H,3-6H2. The summed E-state index contributed by atoms with van der Waals surface area (Å²) in [7, 11) is 0. The lowest BCUT2D eigenvalue weighted by molar-refractivity contribution is 0.151. The van der Waals surface area contributed by atoms with Crippen LogP contribution in [0.5, 0.6) is 5.88 Å². The summed E-state index contributed by atoms with van der Waals surface area (Å²) < 4.78 is 11.1. The van der Waals surface area contributed by atoms with Crippen LogP contribution < -0.4 is 10.1 Å². The maximum Gasteiger partial charge on any atom is 0.262 e. The molecule has 2 aromatic rings. The average Bonchev–Trinajstić information content (AvgIpc) is 2.73. The highest BCUT2D eigenvalue weighted by atomic mass is 35.5. The smallest absolute Gasteiger partial charge is 0.262 e. The Morgan fingerprint density at radius 2 is 2.18 bits per heavy atom. The van der Waals surface area contributed by atoms with Crippen LogP contribution >= 0.6 is 11.6 Å². The summed E-state index contributed by atoms with van der Waals surface area (Å²) in [4.78, 5) is 0. The first-order valence-electron chi connectivity index (χ1n) is 5.75. The molecular formula is C12H13ClN2O2. The van der Waals surface area contributed by atoms with Crippen molar-refractivity contribution in [3.8, 4) is 5.88 Å². The van der Waals surface area contributed by atoms with Crippen LogP contribution in [0.1, 0.15) is 12.8 Å². The van der Waals surface area contributed by atoms with Gasteiger partial charge in [0.15, 0.2) is 5.58 Å². The lowest BCUT2D eigenvalue weighted by atomic mass is 10.1. The molecule has 1 fully saturated rings. The molecule has 0 atom stereocenters. The van der Waals surface area contributed by atoms with Crippen molar-refractivity contribution in [3.05, 3.63) is 23.2 Å². The number of fused-ring (bicyclic) bond motifs is 1. The van der Waals surface area contributed by atoms with E-state index in [1.165, 1.54) is 0 Å². The van der Waals surface area contributed by atoms with Crippen LogP contribution in [-0.4, -0.2) is 24.4 Å². The molecule has 90 valence electrons. The van der Waals surface area contributed by atoms with Crippen molar-refractivity contribution in [3.63, 3.8) is 0 Å². The van der Waals surface area contributed by atoms with Gasteiger partial charge in [-0.1, -0.05) is 11.6 Å². The van der Waals surface area contributed by atoms with E-state index in [2.05, 4.69) is 10.5 Å². The Balaban J connectivity index is 1.86. The number of hydrogen-bond acceptors (Lipinski definition) is 4. The number of aromatic nitrogens is 1. The number of piperidine rings is 1. The Bertz CT molecular complexity index is 520. The molecule has 0 spiro atoms. The fourth-order valence-electron chi connectivity index (χ4n) is 2.04. The minimum absolute atomic E-state index is 0.212. The first kappa shape index (κ1) is 10.9. The largest absolute Gasteiger partial charge is 0.472 e. The van der Waals surface area contributed by atoms with E-state index in [0.717, 1.165) is 31.3 Å². The zero-order chi connectivity index (χ0) is 11.7. The molecule has 2 heterocycles. The second-order valence-corrected chi connectivity index (χ2v) is 4.63. The fraction of sp³-hybridized carbons (Fsp3) is 0.417. The number of rotatable bonds is 2. The molecule has 1 aliphatic rings. The molecule has 1 aromatic carbocycles. The van der Waals surface area contributed by atoms with Crippen molar-refractivity contribution in [2.75, 3.05) is 13.1 Å². The van der Waals surface area contributed by atoms with E-state index in [1.807, 2.05) is 6.07 Å². The predicted molar refractivity (Wildman–Crippen MR) is 65.5 cm³/mol. The van der Waals surface area contributed by atoms with Gasteiger partial charge >= 0.3 is 0 Å². The van der Waals surface area contributed by atoms with Crippen LogP contribution in [0.25, 0.3) is 11.0 Å². The van der Waals surface area contributed by atoms with E-state index in [1.54, 1.807) is 12.1 Å². The van der Waals surface area contributed by atoms with Gasteiger partial charge < -0.3 is 14.6 Å². The van der Waals surface area contributed by atoms with Gasteiger partial charge in [-0.25, -0.2) is 0 Å². The lowest BCUT2D eigenvalue weighted by Gasteiger charge is -2.22. The van der Waals surface area contributed by atoms with Gasteiger partial charge in [0.1, 0.15) is 6.10 Å². The third-order valence-electron chi connectivity index (χ3n) is 2.96. The number of benzene rings is 1. The van der Waals surface area contributed by atoms with Gasteiger partial charge in [-0.15, -0.1) is 0 Å². The van der Waals surface area contributed by atoms with Gasteiger partial charge in [0.2, 0.25) is 0 Å². The van der Waals surface area contributed by atoms with Gasteiger partial charge in [-0.05, 0) is 49.3 Å². The van der Waals surface area contributed by atoms with Crippen LogP contribution in [0.15, 0.2) is 22.7 Å². The van der Waals surface area contributed by atoms with Crippen LogP contribution in [0.2, 0.25) is 5.02 Å². The first-order chi connectivity index (χ1) is 8.33. The summed E-state index contributed by atoms with van der Waals surface area (Å²) >= 11 is 5.96. The van der Waals surface area contributed by atoms with Gasteiger partial charge in [-0.2, -0.15) is 0 Å². The average molecular weight is 253 g/mol. The number of nitrogens with one attached hydrogen (secondary N) is 1. The Labute approximate surface area is 104 Å². The molecule has 1 saturated heterocycles.